The average Bonchev–Trinajstić information content (AvgIpc) is 2.36. The first-order valence-corrected chi connectivity index (χ1v) is 6.87. The normalized spacial score (nSPS) is 11.3. The fourth-order valence-corrected chi connectivity index (χ4v) is 2.72. The van der Waals surface area contributed by atoms with Crippen molar-refractivity contribution in [2.75, 3.05) is 10.5 Å². The van der Waals surface area contributed by atoms with Crippen LogP contribution < -0.4 is 10.5 Å². The quantitative estimate of drug-likeness (QED) is 0.842. The second-order valence-corrected chi connectivity index (χ2v) is 5.67. The van der Waals surface area contributed by atoms with E-state index >= 15 is 0 Å². The van der Waals surface area contributed by atoms with Gasteiger partial charge in [0, 0.05) is 6.20 Å². The Morgan fingerprint density at radius 1 is 1.37 bits per heavy atom. The lowest BCUT2D eigenvalue weighted by Crippen LogP contribution is -2.14. The molecule has 0 unspecified atom stereocenters. The lowest BCUT2D eigenvalue weighted by atomic mass is 10.2. The molecule has 2 aromatic rings. The third-order valence-electron chi connectivity index (χ3n) is 2.48. The minimum Gasteiger partial charge on any atom is -0.396 e. The molecule has 0 aliphatic heterocycles. The lowest BCUT2D eigenvalue weighted by molar-refractivity contribution is 0.599. The van der Waals surface area contributed by atoms with Crippen LogP contribution in [0.2, 0.25) is 0 Å². The maximum Gasteiger partial charge on any atom is 0.262 e. The van der Waals surface area contributed by atoms with E-state index in [1.54, 1.807) is 12.1 Å². The van der Waals surface area contributed by atoms with Crippen LogP contribution in [-0.2, 0) is 10.0 Å². The van der Waals surface area contributed by atoms with Crippen LogP contribution >= 0.6 is 0 Å². The van der Waals surface area contributed by atoms with Crippen LogP contribution in [0.5, 0.6) is 0 Å². The van der Waals surface area contributed by atoms with Gasteiger partial charge in [0.25, 0.3) is 10.0 Å². The number of nitrogens with one attached hydrogen (secondary N) is 1. The average molecular weight is 281 g/mol. The SMILES string of the molecule is Cc1cc(S(=O)(=O)Nc2cccnc2)cc(N)c1F. The molecule has 0 radical (unpaired) electrons. The first-order valence-electron chi connectivity index (χ1n) is 5.38. The van der Waals surface area contributed by atoms with Crippen molar-refractivity contribution in [3.63, 3.8) is 0 Å². The molecule has 0 saturated carbocycles. The summed E-state index contributed by atoms with van der Waals surface area (Å²) in [6, 6.07) is 5.47. The molecule has 0 aliphatic carbocycles. The van der Waals surface area contributed by atoms with Crippen LogP contribution in [0.25, 0.3) is 0 Å². The van der Waals surface area contributed by atoms with Gasteiger partial charge in [-0.25, -0.2) is 12.8 Å². The van der Waals surface area contributed by atoms with Crippen LogP contribution in [0.15, 0.2) is 41.6 Å². The summed E-state index contributed by atoms with van der Waals surface area (Å²) in [5, 5.41) is 0. The molecule has 3 N–H and O–H groups in total. The van der Waals surface area contributed by atoms with Crippen LogP contribution in [-0.4, -0.2) is 13.4 Å². The number of benzene rings is 1. The van der Waals surface area contributed by atoms with Gasteiger partial charge in [-0.3, -0.25) is 9.71 Å². The molecule has 2 rings (SSSR count). The Morgan fingerprint density at radius 3 is 2.68 bits per heavy atom. The number of aromatic nitrogens is 1. The minimum absolute atomic E-state index is 0.0900. The largest absolute Gasteiger partial charge is 0.396 e. The summed E-state index contributed by atoms with van der Waals surface area (Å²) in [7, 11) is -3.81. The van der Waals surface area contributed by atoms with Crippen molar-refractivity contribution in [3.8, 4) is 0 Å². The zero-order chi connectivity index (χ0) is 14.0. The van der Waals surface area contributed by atoms with Crippen molar-refractivity contribution in [2.24, 2.45) is 0 Å². The second kappa shape index (κ2) is 4.85. The van der Waals surface area contributed by atoms with Crippen molar-refractivity contribution in [2.45, 2.75) is 11.8 Å². The molecule has 0 atom stereocenters. The first-order chi connectivity index (χ1) is 8.90. The van der Waals surface area contributed by atoms with Crippen LogP contribution in [0.4, 0.5) is 15.8 Å². The zero-order valence-corrected chi connectivity index (χ0v) is 10.9. The molecule has 19 heavy (non-hydrogen) atoms. The van der Waals surface area contributed by atoms with E-state index < -0.39 is 15.8 Å². The smallest absolute Gasteiger partial charge is 0.262 e. The number of halogens is 1. The molecule has 0 bridgehead atoms. The Balaban J connectivity index is 2.40. The monoisotopic (exact) mass is 281 g/mol. The number of hydrogen-bond acceptors (Lipinski definition) is 4. The summed E-state index contributed by atoms with van der Waals surface area (Å²) in [6.45, 7) is 1.45. The molecular weight excluding hydrogens is 269 g/mol. The predicted octanol–water partition coefficient (Wildman–Crippen LogP) is 1.91. The van der Waals surface area contributed by atoms with Crippen molar-refractivity contribution < 1.29 is 12.8 Å². The molecule has 0 fully saturated rings. The Kier molecular flexibility index (Phi) is 3.39. The van der Waals surface area contributed by atoms with Crippen LogP contribution in [0.3, 0.4) is 0 Å². The van der Waals surface area contributed by atoms with Gasteiger partial charge in [-0.05, 0) is 36.8 Å². The summed E-state index contributed by atoms with van der Waals surface area (Å²) in [5.41, 5.74) is 5.72. The molecule has 0 amide bonds. The van der Waals surface area contributed by atoms with Gasteiger partial charge in [0.2, 0.25) is 0 Å². The number of nitrogens with two attached hydrogens (primary N) is 1. The maximum atomic E-state index is 13.4. The number of sulfonamides is 1. The van der Waals surface area contributed by atoms with E-state index in [4.69, 9.17) is 5.73 Å². The van der Waals surface area contributed by atoms with Crippen molar-refractivity contribution in [3.05, 3.63) is 48.0 Å². The number of hydrogen-bond donors (Lipinski definition) is 2. The van der Waals surface area contributed by atoms with Gasteiger partial charge >= 0.3 is 0 Å². The Morgan fingerprint density at radius 2 is 2.11 bits per heavy atom. The van der Waals surface area contributed by atoms with E-state index in [-0.39, 0.29) is 16.1 Å². The zero-order valence-electron chi connectivity index (χ0n) is 10.1. The fraction of sp³-hybridized carbons (Fsp3) is 0.0833. The number of nitrogens with zero attached hydrogens (tertiary/aromatic N) is 1. The summed E-state index contributed by atoms with van der Waals surface area (Å²) < 4.78 is 39.9. The number of aryl methyl sites for hydroxylation is 1. The lowest BCUT2D eigenvalue weighted by Gasteiger charge is -2.10. The highest BCUT2D eigenvalue weighted by Gasteiger charge is 2.17. The van der Waals surface area contributed by atoms with Gasteiger partial charge in [0.05, 0.1) is 22.5 Å². The highest BCUT2D eigenvalue weighted by atomic mass is 32.2. The van der Waals surface area contributed by atoms with Crippen molar-refractivity contribution >= 4 is 21.4 Å². The Bertz CT molecular complexity index is 679. The molecule has 0 saturated heterocycles. The molecule has 1 aromatic heterocycles. The van der Waals surface area contributed by atoms with Crippen molar-refractivity contribution in [1.82, 2.24) is 4.98 Å². The molecule has 5 nitrogen and oxygen atoms in total. The summed E-state index contributed by atoms with van der Waals surface area (Å²) in [4.78, 5) is 3.71. The molecule has 1 heterocycles. The van der Waals surface area contributed by atoms with Gasteiger partial charge < -0.3 is 5.73 Å². The number of pyridine rings is 1. The van der Waals surface area contributed by atoms with Crippen LogP contribution in [0.1, 0.15) is 5.56 Å². The standard InChI is InChI=1S/C12H12FN3O2S/c1-8-5-10(6-11(14)12(8)13)19(17,18)16-9-3-2-4-15-7-9/h2-7,16H,14H2,1H3. The van der Waals surface area contributed by atoms with E-state index in [9.17, 15) is 12.8 Å². The van der Waals surface area contributed by atoms with Crippen LogP contribution in [0, 0.1) is 12.7 Å². The van der Waals surface area contributed by atoms with E-state index in [1.165, 1.54) is 25.4 Å². The van der Waals surface area contributed by atoms with Gasteiger partial charge in [-0.15, -0.1) is 0 Å². The maximum absolute atomic E-state index is 13.4. The number of nitrogen functional groups attached to an aromatic ring is 1. The van der Waals surface area contributed by atoms with Gasteiger partial charge in [-0.1, -0.05) is 0 Å². The summed E-state index contributed by atoms with van der Waals surface area (Å²) in [6.07, 6.45) is 2.90. The topological polar surface area (TPSA) is 85.1 Å². The third-order valence-corrected chi connectivity index (χ3v) is 3.84. The molecule has 100 valence electrons. The van der Waals surface area contributed by atoms with Gasteiger partial charge in [-0.2, -0.15) is 0 Å². The number of rotatable bonds is 3. The van der Waals surface area contributed by atoms with Crippen molar-refractivity contribution in [1.29, 1.82) is 0 Å². The molecule has 0 spiro atoms. The highest BCUT2D eigenvalue weighted by molar-refractivity contribution is 7.92. The third kappa shape index (κ3) is 2.82. The second-order valence-electron chi connectivity index (χ2n) is 3.99. The Hall–Kier alpha value is -2.15. The predicted molar refractivity (Wildman–Crippen MR) is 70.6 cm³/mol. The molecular formula is C12H12FN3O2S. The Labute approximate surface area is 110 Å². The summed E-state index contributed by atoms with van der Waals surface area (Å²) >= 11 is 0. The van der Waals surface area contributed by atoms with E-state index in [0.29, 0.717) is 5.69 Å². The van der Waals surface area contributed by atoms with Gasteiger partial charge in [0.15, 0.2) is 0 Å². The highest BCUT2D eigenvalue weighted by Crippen LogP contribution is 2.22. The minimum atomic E-state index is -3.81. The summed E-state index contributed by atoms with van der Waals surface area (Å²) in [5.74, 6) is -0.611. The molecule has 0 aliphatic rings. The molecule has 1 aromatic carbocycles. The van der Waals surface area contributed by atoms with Gasteiger partial charge in [0.1, 0.15) is 5.82 Å². The number of anilines is 2. The van der Waals surface area contributed by atoms with E-state index in [1.807, 2.05) is 0 Å². The fourth-order valence-electron chi connectivity index (χ4n) is 1.56. The first kappa shape index (κ1) is 13.3. The van der Waals surface area contributed by atoms with E-state index in [0.717, 1.165) is 6.07 Å². The molecule has 7 heteroatoms. The van der Waals surface area contributed by atoms with E-state index in [2.05, 4.69) is 9.71 Å².